The summed E-state index contributed by atoms with van der Waals surface area (Å²) < 4.78 is 0. The third-order valence-corrected chi connectivity index (χ3v) is 5.68. The predicted octanol–water partition coefficient (Wildman–Crippen LogP) is 4.45. The van der Waals surface area contributed by atoms with Gasteiger partial charge in [-0.05, 0) is 36.2 Å². The molecule has 3 aromatic rings. The van der Waals surface area contributed by atoms with Crippen molar-refractivity contribution >= 4 is 52.6 Å². The molecule has 3 N–H and O–H groups in total. The van der Waals surface area contributed by atoms with Crippen molar-refractivity contribution in [2.24, 2.45) is 4.99 Å². The minimum absolute atomic E-state index is 0. The van der Waals surface area contributed by atoms with E-state index in [0.29, 0.717) is 19.0 Å². The topological polar surface area (TPSA) is 69.5 Å². The first kappa shape index (κ1) is 22.8. The third-order valence-electron chi connectivity index (χ3n) is 4.06. The number of nitrogens with zero attached hydrogens (tertiary/aromatic N) is 2. The first-order valence-electron chi connectivity index (χ1n) is 8.85. The lowest BCUT2D eigenvalue weighted by atomic mass is 9.99. The molecule has 1 atom stereocenters. The van der Waals surface area contributed by atoms with Gasteiger partial charge >= 0.3 is 0 Å². The molecule has 0 aliphatic heterocycles. The van der Waals surface area contributed by atoms with Gasteiger partial charge in [0, 0.05) is 17.5 Å². The Bertz CT molecular complexity index is 863. The SMILES string of the molecule is CCNC(=NCc1csc(-c2ccccc2)n1)NCC(C)(O)c1ccsc1.I. The van der Waals surface area contributed by atoms with Gasteiger partial charge in [0.25, 0.3) is 0 Å². The monoisotopic (exact) mass is 528 g/mol. The van der Waals surface area contributed by atoms with Gasteiger partial charge in [0.1, 0.15) is 10.6 Å². The molecule has 1 aromatic carbocycles. The van der Waals surface area contributed by atoms with Crippen molar-refractivity contribution in [3.8, 4) is 10.6 Å². The molecule has 2 aromatic heterocycles. The Morgan fingerprint density at radius 1 is 1.18 bits per heavy atom. The number of aliphatic imine (C=N–C) groups is 1. The van der Waals surface area contributed by atoms with Crippen LogP contribution < -0.4 is 10.6 Å². The van der Waals surface area contributed by atoms with E-state index in [-0.39, 0.29) is 24.0 Å². The van der Waals surface area contributed by atoms with Gasteiger partial charge < -0.3 is 15.7 Å². The molecule has 0 saturated heterocycles. The zero-order chi connectivity index (χ0) is 19.1. The summed E-state index contributed by atoms with van der Waals surface area (Å²) in [5.41, 5.74) is 2.01. The van der Waals surface area contributed by atoms with Crippen LogP contribution in [0.1, 0.15) is 25.1 Å². The van der Waals surface area contributed by atoms with Crippen molar-refractivity contribution in [2.75, 3.05) is 13.1 Å². The highest BCUT2D eigenvalue weighted by Crippen LogP contribution is 2.24. The van der Waals surface area contributed by atoms with Crippen LogP contribution in [0.3, 0.4) is 0 Å². The molecule has 0 saturated carbocycles. The highest BCUT2D eigenvalue weighted by molar-refractivity contribution is 14.0. The van der Waals surface area contributed by atoms with Crippen molar-refractivity contribution < 1.29 is 5.11 Å². The van der Waals surface area contributed by atoms with Gasteiger partial charge in [-0.15, -0.1) is 35.3 Å². The van der Waals surface area contributed by atoms with E-state index in [1.54, 1.807) is 29.6 Å². The van der Waals surface area contributed by atoms with Crippen LogP contribution in [0.4, 0.5) is 0 Å². The summed E-state index contributed by atoms with van der Waals surface area (Å²) in [4.78, 5) is 9.28. The fourth-order valence-corrected chi connectivity index (χ4v) is 4.12. The summed E-state index contributed by atoms with van der Waals surface area (Å²) in [5, 5.41) is 24.1. The minimum atomic E-state index is -0.947. The summed E-state index contributed by atoms with van der Waals surface area (Å²) in [6, 6.07) is 12.1. The number of hydrogen-bond acceptors (Lipinski definition) is 5. The highest BCUT2D eigenvalue weighted by Gasteiger charge is 2.23. The van der Waals surface area contributed by atoms with E-state index in [9.17, 15) is 5.11 Å². The molecule has 28 heavy (non-hydrogen) atoms. The van der Waals surface area contributed by atoms with Gasteiger partial charge in [-0.2, -0.15) is 11.3 Å². The molecule has 0 spiro atoms. The number of rotatable bonds is 7. The van der Waals surface area contributed by atoms with Gasteiger partial charge in [-0.1, -0.05) is 30.3 Å². The second-order valence-electron chi connectivity index (χ2n) is 6.34. The van der Waals surface area contributed by atoms with Gasteiger partial charge in [0.2, 0.25) is 0 Å². The van der Waals surface area contributed by atoms with E-state index >= 15 is 0 Å². The molecule has 0 aliphatic rings. The summed E-state index contributed by atoms with van der Waals surface area (Å²) in [6.07, 6.45) is 0. The lowest BCUT2D eigenvalue weighted by Crippen LogP contribution is -2.44. The van der Waals surface area contributed by atoms with Gasteiger partial charge in [0.05, 0.1) is 18.8 Å². The fraction of sp³-hybridized carbons (Fsp3) is 0.300. The summed E-state index contributed by atoms with van der Waals surface area (Å²) in [5.74, 6) is 0.669. The molecule has 150 valence electrons. The van der Waals surface area contributed by atoms with Crippen LogP contribution in [0, 0.1) is 0 Å². The Balaban J connectivity index is 0.00000280. The Hall–Kier alpha value is -1.49. The molecule has 0 bridgehead atoms. The number of guanidine groups is 1. The number of benzene rings is 1. The molecular weight excluding hydrogens is 503 g/mol. The lowest BCUT2D eigenvalue weighted by Gasteiger charge is -2.24. The van der Waals surface area contributed by atoms with Gasteiger partial charge in [0.15, 0.2) is 5.96 Å². The maximum atomic E-state index is 10.7. The van der Waals surface area contributed by atoms with E-state index < -0.39 is 5.60 Å². The Labute approximate surface area is 191 Å². The zero-order valence-electron chi connectivity index (χ0n) is 15.9. The molecule has 2 heterocycles. The second-order valence-corrected chi connectivity index (χ2v) is 7.98. The number of aromatic nitrogens is 1. The molecule has 0 aliphatic carbocycles. The molecule has 0 radical (unpaired) electrons. The summed E-state index contributed by atoms with van der Waals surface area (Å²) >= 11 is 3.20. The average molecular weight is 528 g/mol. The van der Waals surface area contributed by atoms with Crippen molar-refractivity contribution in [3.05, 3.63) is 63.8 Å². The summed E-state index contributed by atoms with van der Waals surface area (Å²) in [7, 11) is 0. The van der Waals surface area contributed by atoms with Crippen LogP contribution >= 0.6 is 46.7 Å². The summed E-state index contributed by atoms with van der Waals surface area (Å²) in [6.45, 7) is 5.43. The maximum absolute atomic E-state index is 10.7. The normalized spacial score (nSPS) is 13.5. The van der Waals surface area contributed by atoms with Crippen LogP contribution in [-0.4, -0.2) is 29.1 Å². The smallest absolute Gasteiger partial charge is 0.191 e. The van der Waals surface area contributed by atoms with Crippen LogP contribution in [0.5, 0.6) is 0 Å². The van der Waals surface area contributed by atoms with Crippen LogP contribution in [-0.2, 0) is 12.1 Å². The van der Waals surface area contributed by atoms with Crippen molar-refractivity contribution in [3.63, 3.8) is 0 Å². The number of hydrogen-bond donors (Lipinski definition) is 3. The average Bonchev–Trinajstić information content (AvgIpc) is 3.37. The van der Waals surface area contributed by atoms with E-state index in [1.807, 2.05) is 47.3 Å². The lowest BCUT2D eigenvalue weighted by molar-refractivity contribution is 0.0621. The zero-order valence-corrected chi connectivity index (χ0v) is 19.8. The Kier molecular flexibility index (Phi) is 8.87. The Morgan fingerprint density at radius 2 is 1.96 bits per heavy atom. The number of aliphatic hydroxyl groups is 1. The largest absolute Gasteiger partial charge is 0.384 e. The first-order valence-corrected chi connectivity index (χ1v) is 10.7. The molecule has 1 unspecified atom stereocenters. The van der Waals surface area contributed by atoms with Crippen molar-refractivity contribution in [2.45, 2.75) is 26.0 Å². The van der Waals surface area contributed by atoms with E-state index in [1.165, 1.54) is 0 Å². The van der Waals surface area contributed by atoms with E-state index in [2.05, 4.69) is 32.7 Å². The number of thiophene rings is 1. The standard InChI is InChI=1S/C20H24N4OS2.HI/c1-3-21-19(23-14-20(2,25)16-9-10-26-12-16)22-11-17-13-27-18(24-17)15-7-5-4-6-8-15;/h4-10,12-13,25H,3,11,14H2,1-2H3,(H2,21,22,23);1H. The molecular formula is C20H25IN4OS2. The first-order chi connectivity index (χ1) is 13.1. The molecule has 0 amide bonds. The number of thiazole rings is 1. The van der Waals surface area contributed by atoms with Crippen LogP contribution in [0.25, 0.3) is 10.6 Å². The van der Waals surface area contributed by atoms with Crippen LogP contribution in [0.2, 0.25) is 0 Å². The maximum Gasteiger partial charge on any atom is 0.191 e. The van der Waals surface area contributed by atoms with Crippen molar-refractivity contribution in [1.82, 2.24) is 15.6 Å². The van der Waals surface area contributed by atoms with Crippen molar-refractivity contribution in [1.29, 1.82) is 0 Å². The number of halogens is 1. The molecule has 3 rings (SSSR count). The van der Waals surface area contributed by atoms with Gasteiger partial charge in [-0.3, -0.25) is 0 Å². The van der Waals surface area contributed by atoms with Gasteiger partial charge in [-0.25, -0.2) is 9.98 Å². The highest BCUT2D eigenvalue weighted by atomic mass is 127. The minimum Gasteiger partial charge on any atom is -0.384 e. The third kappa shape index (κ3) is 6.26. The van der Waals surface area contributed by atoms with E-state index in [4.69, 9.17) is 0 Å². The fourth-order valence-electron chi connectivity index (χ4n) is 2.52. The molecule has 8 heteroatoms. The Morgan fingerprint density at radius 3 is 2.64 bits per heavy atom. The number of nitrogens with one attached hydrogen (secondary N) is 2. The second kappa shape index (κ2) is 10.9. The van der Waals surface area contributed by atoms with E-state index in [0.717, 1.165) is 28.4 Å². The quantitative estimate of drug-likeness (QED) is 0.241. The van der Waals surface area contributed by atoms with Crippen LogP contribution in [0.15, 0.2) is 57.5 Å². The predicted molar refractivity (Wildman–Crippen MR) is 130 cm³/mol. The molecule has 0 fully saturated rings. The molecule has 5 nitrogen and oxygen atoms in total.